The van der Waals surface area contributed by atoms with E-state index in [2.05, 4.69) is 30.8 Å². The van der Waals surface area contributed by atoms with Crippen LogP contribution in [0.25, 0.3) is 21.5 Å². The van der Waals surface area contributed by atoms with E-state index < -0.39 is 53.3 Å². The Hall–Kier alpha value is -6.41. The van der Waals surface area contributed by atoms with Crippen LogP contribution >= 0.6 is 23.2 Å². The summed E-state index contributed by atoms with van der Waals surface area (Å²) in [5, 5.41) is 57.5. The second kappa shape index (κ2) is 23.6. The smallest absolute Gasteiger partial charge is 0.871 e. The van der Waals surface area contributed by atoms with Gasteiger partial charge in [0.15, 0.2) is 5.75 Å². The molecule has 8 aromatic rings. The van der Waals surface area contributed by atoms with Crippen LogP contribution in [-0.2, 0) is 20.2 Å². The third-order valence-electron chi connectivity index (χ3n) is 10.4. The van der Waals surface area contributed by atoms with Crippen molar-refractivity contribution in [2.45, 2.75) is 23.6 Å². The number of amides is 1. The number of ether oxygens (including phenoxy) is 2. The van der Waals surface area contributed by atoms with Gasteiger partial charge in [0.1, 0.15) is 38.4 Å². The minimum absolute atomic E-state index is 0. The van der Waals surface area contributed by atoms with Crippen LogP contribution in [0.4, 0.5) is 34.1 Å². The second-order valence-electron chi connectivity index (χ2n) is 15.5. The maximum atomic E-state index is 13.3. The van der Waals surface area contributed by atoms with Gasteiger partial charge in [0.2, 0.25) is 0 Å². The number of azo groups is 2. The molecule has 0 saturated heterocycles. The molecule has 8 rings (SSSR count). The maximum Gasteiger partial charge on any atom is 2.00 e. The number of aliphatic imine (C=N–C) groups is 1. The van der Waals surface area contributed by atoms with Gasteiger partial charge in [-0.1, -0.05) is 89.6 Å². The number of aryl methyl sites for hydroxylation is 2. The minimum Gasteiger partial charge on any atom is -0.871 e. The number of hydrogen-bond donors (Lipinski definition) is 4. The van der Waals surface area contributed by atoms with Gasteiger partial charge in [-0.15, -0.1) is 15.3 Å². The van der Waals surface area contributed by atoms with Crippen molar-refractivity contribution < 1.29 is 55.5 Å². The summed E-state index contributed by atoms with van der Waals surface area (Å²) in [6.07, 6.45) is 0. The number of phenolic OH excluding ortho intramolecular Hbond substituents is 1. The molecule has 368 valence electrons. The van der Waals surface area contributed by atoms with E-state index in [1.165, 1.54) is 50.6 Å². The number of carbonyl (C=O) groups is 1. The van der Waals surface area contributed by atoms with Crippen LogP contribution in [0.2, 0.25) is 10.0 Å². The van der Waals surface area contributed by atoms with Gasteiger partial charge in [0.05, 0.1) is 41.2 Å². The fourth-order valence-corrected chi connectivity index (χ4v) is 9.67. The largest absolute Gasteiger partial charge is 2.00 e. The molecule has 0 bridgehead atoms. The van der Waals surface area contributed by atoms with Crippen molar-refractivity contribution in [3.05, 3.63) is 166 Å². The summed E-state index contributed by atoms with van der Waals surface area (Å²) in [6.45, 7) is 3.31. The molecular formula is C50H38BaCl2N6O12S2. The molecule has 8 aromatic carbocycles. The number of carbonyl (C=O) groups excluding carboxylic acids is 1. The number of anilines is 1. The first-order chi connectivity index (χ1) is 34.2. The fourth-order valence-electron chi connectivity index (χ4n) is 7.20. The Morgan fingerprint density at radius 2 is 1.10 bits per heavy atom. The molecule has 0 heterocycles. The van der Waals surface area contributed by atoms with Crippen molar-refractivity contribution in [2.24, 2.45) is 25.4 Å². The molecule has 0 aliphatic rings. The Morgan fingerprint density at radius 3 is 1.63 bits per heavy atom. The number of fused-ring (bicyclic) bond motifs is 2. The van der Waals surface area contributed by atoms with E-state index in [4.69, 9.17) is 32.7 Å². The minimum atomic E-state index is -4.74. The van der Waals surface area contributed by atoms with Crippen LogP contribution in [0.3, 0.4) is 0 Å². The summed E-state index contributed by atoms with van der Waals surface area (Å²) in [6, 6.07) is 35.1. The molecule has 0 radical (unpaired) electrons. The fraction of sp³-hybridized carbons (Fsp3) is 0.0800. The van der Waals surface area contributed by atoms with Gasteiger partial charge in [0, 0.05) is 28.6 Å². The van der Waals surface area contributed by atoms with Crippen LogP contribution in [-0.4, -0.2) is 106 Å². The van der Waals surface area contributed by atoms with Crippen LogP contribution < -0.4 is 25.0 Å². The zero-order valence-corrected chi connectivity index (χ0v) is 46.3. The van der Waals surface area contributed by atoms with Crippen LogP contribution in [0, 0.1) is 13.8 Å². The number of halogens is 2. The molecule has 73 heavy (non-hydrogen) atoms. The van der Waals surface area contributed by atoms with E-state index in [0.717, 1.165) is 0 Å². The Balaban J connectivity index is 0.000000235. The van der Waals surface area contributed by atoms with Gasteiger partial charge >= 0.3 is 48.9 Å². The van der Waals surface area contributed by atoms with E-state index in [1.807, 2.05) is 0 Å². The van der Waals surface area contributed by atoms with Crippen LogP contribution in [0.1, 0.15) is 27.0 Å². The Bertz CT molecular complexity index is 3790. The Morgan fingerprint density at radius 1 is 0.616 bits per heavy atom. The molecule has 23 heteroatoms. The molecule has 0 fully saturated rings. The predicted octanol–water partition coefficient (Wildman–Crippen LogP) is 11.0. The van der Waals surface area contributed by atoms with Crippen molar-refractivity contribution in [3.8, 4) is 23.0 Å². The van der Waals surface area contributed by atoms with Gasteiger partial charge in [-0.05, 0) is 108 Å². The van der Waals surface area contributed by atoms with Crippen LogP contribution in [0.5, 0.6) is 23.0 Å². The summed E-state index contributed by atoms with van der Waals surface area (Å²) < 4.78 is 77.1. The number of nitrogens with zero attached hydrogens (tertiary/aromatic N) is 5. The maximum absolute atomic E-state index is 13.3. The van der Waals surface area contributed by atoms with E-state index >= 15 is 0 Å². The van der Waals surface area contributed by atoms with Crippen molar-refractivity contribution in [3.63, 3.8) is 0 Å². The molecule has 4 N–H and O–H groups in total. The van der Waals surface area contributed by atoms with E-state index in [1.54, 1.807) is 111 Å². The van der Waals surface area contributed by atoms with Crippen molar-refractivity contribution in [2.75, 3.05) is 19.5 Å². The standard InChI is InChI=1S/2C25H20ClN3O6S.Ba/c2*1-14-10-20(26)24(36(32,33)34)21(11-14)28-29-22-18-9-4-3-6-15(18)12-19(23(22)30)25(31)27-16-7-5-8-17(13-16)35-2;/h2*3-13,30H,1-2H3,(H,27,31)(H,32,33,34);/q;;+2/p-2. The average Bonchev–Trinajstić information content (AvgIpc) is 3.32. The number of benzene rings is 8. The Kier molecular flexibility index (Phi) is 18.1. The molecule has 18 nitrogen and oxygen atoms in total. The summed E-state index contributed by atoms with van der Waals surface area (Å²) in [4.78, 5) is 15.8. The second-order valence-corrected chi connectivity index (χ2v) is 19.0. The van der Waals surface area contributed by atoms with Gasteiger partial charge in [-0.3, -0.25) is 18.9 Å². The molecule has 0 atom stereocenters. The molecule has 0 aromatic heterocycles. The number of aromatic hydroxyl groups is 1. The third kappa shape index (κ3) is 13.2. The molecule has 0 spiro atoms. The summed E-state index contributed by atoms with van der Waals surface area (Å²) in [5.41, 5.74) is 0.784. The van der Waals surface area contributed by atoms with Gasteiger partial charge in [-0.25, -0.2) is 0 Å². The zero-order valence-electron chi connectivity index (χ0n) is 38.7. The normalized spacial score (nSPS) is 11.9. The molecule has 1 amide bonds. The first-order valence-corrected chi connectivity index (χ1v) is 24.5. The number of rotatable bonds is 12. The van der Waals surface area contributed by atoms with Gasteiger partial charge < -0.3 is 30.1 Å². The average molecular weight is 1190 g/mol. The van der Waals surface area contributed by atoms with Gasteiger partial charge in [0.25, 0.3) is 26.1 Å². The summed E-state index contributed by atoms with van der Waals surface area (Å²) in [7, 11) is -6.48. The van der Waals surface area contributed by atoms with Gasteiger partial charge in [-0.2, -0.15) is 21.9 Å². The third-order valence-corrected chi connectivity index (χ3v) is 13.1. The molecule has 0 aliphatic heterocycles. The number of hydrogen-bond acceptors (Lipinski definition) is 15. The SMILES string of the molecule is COc1cccc(N=C([O-])c2cc3ccccc3c(N=Nc3cc(C)cc(Cl)c3S(=O)(=O)O)c2[O-])c1.COc1cccc(NC(=O)c2cc3ccccc3c(N=Nc3cc(C)cc(Cl)c3S(=O)(=O)O)c2O)c1.[Ba+2]. The summed E-state index contributed by atoms with van der Waals surface area (Å²) >= 11 is 12.1. The summed E-state index contributed by atoms with van der Waals surface area (Å²) in [5.74, 6) is -1.60. The van der Waals surface area contributed by atoms with E-state index in [-0.39, 0.29) is 92.8 Å². The quantitative estimate of drug-likeness (QED) is 0.0292. The zero-order chi connectivity index (χ0) is 52.1. The molecule has 0 saturated carbocycles. The number of methoxy groups -OCH3 is 2. The molecular weight excluding hydrogens is 1150 g/mol. The topological polar surface area (TPSA) is 284 Å². The number of phenols is 1. The molecule has 0 aliphatic carbocycles. The molecule has 0 unspecified atom stereocenters. The van der Waals surface area contributed by atoms with Crippen LogP contribution in [0.15, 0.2) is 169 Å². The monoisotopic (exact) mass is 1190 g/mol. The van der Waals surface area contributed by atoms with Crippen molar-refractivity contribution >= 4 is 160 Å². The van der Waals surface area contributed by atoms with E-state index in [0.29, 0.717) is 55.5 Å². The first kappa shape index (κ1) is 55.9. The number of nitrogens with one attached hydrogen (secondary N) is 1. The first-order valence-electron chi connectivity index (χ1n) is 20.9. The predicted molar refractivity (Wildman–Crippen MR) is 275 cm³/mol. The Labute approximate surface area is 468 Å². The van der Waals surface area contributed by atoms with Crippen molar-refractivity contribution in [1.82, 2.24) is 0 Å². The van der Waals surface area contributed by atoms with Crippen molar-refractivity contribution in [1.29, 1.82) is 0 Å². The van der Waals surface area contributed by atoms with E-state index in [9.17, 15) is 46.1 Å².